The second-order valence-electron chi connectivity index (χ2n) is 9.82. The van der Waals surface area contributed by atoms with Crippen molar-refractivity contribution in [1.82, 2.24) is 9.55 Å². The quantitative estimate of drug-likeness (QED) is 0.181. The minimum absolute atomic E-state index is 0.161. The molecule has 2 N–H and O–H groups in total. The number of ether oxygens (including phenoxy) is 1. The van der Waals surface area contributed by atoms with Crippen LogP contribution in [0.5, 0.6) is 0 Å². The number of aryl methyl sites for hydroxylation is 3. The van der Waals surface area contributed by atoms with Crippen molar-refractivity contribution in [3.05, 3.63) is 96.7 Å². The molecule has 0 spiro atoms. The molecule has 0 radical (unpaired) electrons. The number of hydrogen-bond donors (Lipinski definition) is 2. The van der Waals surface area contributed by atoms with Crippen molar-refractivity contribution in [3.63, 3.8) is 0 Å². The van der Waals surface area contributed by atoms with Crippen LogP contribution in [0.4, 0.5) is 10.7 Å². The van der Waals surface area contributed by atoms with Crippen LogP contribution in [-0.2, 0) is 16.1 Å². The third kappa shape index (κ3) is 6.24. The molecule has 3 aromatic heterocycles. The van der Waals surface area contributed by atoms with E-state index in [0.29, 0.717) is 36.5 Å². The summed E-state index contributed by atoms with van der Waals surface area (Å²) in [5.74, 6) is -1.44. The van der Waals surface area contributed by atoms with Gasteiger partial charge in [-0.25, -0.2) is 9.78 Å². The lowest BCUT2D eigenvalue weighted by Crippen LogP contribution is -2.28. The highest BCUT2D eigenvalue weighted by Gasteiger charge is 2.24. The molecule has 9 nitrogen and oxygen atoms in total. The number of aromatic nitrogens is 2. The van der Waals surface area contributed by atoms with Crippen molar-refractivity contribution in [2.75, 3.05) is 17.2 Å². The number of thiophene rings is 2. The van der Waals surface area contributed by atoms with E-state index in [-0.39, 0.29) is 30.0 Å². The predicted molar refractivity (Wildman–Crippen MR) is 172 cm³/mol. The fourth-order valence-corrected chi connectivity index (χ4v) is 6.77. The van der Waals surface area contributed by atoms with Gasteiger partial charge in [0.2, 0.25) is 5.91 Å². The third-order valence-corrected chi connectivity index (χ3v) is 9.09. The normalized spacial score (nSPS) is 11.0. The summed E-state index contributed by atoms with van der Waals surface area (Å²) in [6.45, 7) is 7.09. The average Bonchev–Trinajstić information content (AvgIpc) is 3.53. The first-order valence-corrected chi connectivity index (χ1v) is 15.4. The van der Waals surface area contributed by atoms with Gasteiger partial charge in [0.1, 0.15) is 21.9 Å². The van der Waals surface area contributed by atoms with Crippen molar-refractivity contribution >= 4 is 73.0 Å². The van der Waals surface area contributed by atoms with Gasteiger partial charge in [-0.15, -0.1) is 22.7 Å². The number of rotatable bonds is 8. The van der Waals surface area contributed by atoms with Crippen molar-refractivity contribution in [1.29, 1.82) is 0 Å². The number of amides is 2. The molecule has 0 saturated carbocycles. The summed E-state index contributed by atoms with van der Waals surface area (Å²) in [4.78, 5) is 57.7. The molecule has 12 heteroatoms. The van der Waals surface area contributed by atoms with Gasteiger partial charge in [0.25, 0.3) is 11.5 Å². The standard InChI is InChI=1S/C31H27ClN4O5S2/c1-5-41-31(40)25-21(19-7-9-20(32)10-8-19)14-42-29(25)35-23(37)13-36-15-33-28-24(30(36)39)18(4)26(43-28)27(38)34-22-11-6-16(2)12-17(22)3/h6-12,14-15H,5,13H2,1-4H3,(H,34,38)(H,35,37). The van der Waals surface area contributed by atoms with E-state index in [1.165, 1.54) is 22.2 Å². The Labute approximate surface area is 260 Å². The highest BCUT2D eigenvalue weighted by molar-refractivity contribution is 7.20. The smallest absolute Gasteiger partial charge is 0.341 e. The van der Waals surface area contributed by atoms with Gasteiger partial charge < -0.3 is 15.4 Å². The Morgan fingerprint density at radius 3 is 2.49 bits per heavy atom. The molecule has 0 bridgehead atoms. The van der Waals surface area contributed by atoms with Crippen LogP contribution in [0.2, 0.25) is 5.02 Å². The first kappa shape index (κ1) is 30.1. The van der Waals surface area contributed by atoms with Gasteiger partial charge in [-0.05, 0) is 62.6 Å². The van der Waals surface area contributed by atoms with E-state index in [2.05, 4.69) is 15.6 Å². The van der Waals surface area contributed by atoms with Crippen LogP contribution in [0.3, 0.4) is 0 Å². The van der Waals surface area contributed by atoms with Crippen LogP contribution in [-0.4, -0.2) is 33.9 Å². The largest absolute Gasteiger partial charge is 0.462 e. The summed E-state index contributed by atoms with van der Waals surface area (Å²) in [6, 6.07) is 12.7. The Bertz CT molecular complexity index is 1940. The Hall–Kier alpha value is -4.32. The molecule has 2 aromatic carbocycles. The molecule has 0 fully saturated rings. The number of anilines is 2. The summed E-state index contributed by atoms with van der Waals surface area (Å²) in [7, 11) is 0. The zero-order chi connectivity index (χ0) is 30.8. The monoisotopic (exact) mass is 634 g/mol. The molecule has 3 heterocycles. The van der Waals surface area contributed by atoms with Gasteiger partial charge in [-0.2, -0.15) is 0 Å². The van der Waals surface area contributed by atoms with Crippen molar-refractivity contribution < 1.29 is 19.1 Å². The first-order chi connectivity index (χ1) is 20.6. The SMILES string of the molecule is CCOC(=O)c1c(-c2ccc(Cl)cc2)csc1NC(=O)Cn1cnc2sc(C(=O)Nc3ccc(C)cc3C)c(C)c2c1=O. The number of nitrogens with one attached hydrogen (secondary N) is 2. The maximum atomic E-state index is 13.4. The molecule has 0 atom stereocenters. The van der Waals surface area contributed by atoms with Gasteiger partial charge in [-0.3, -0.25) is 19.0 Å². The lowest BCUT2D eigenvalue weighted by molar-refractivity contribution is -0.116. The maximum Gasteiger partial charge on any atom is 0.341 e. The molecule has 0 aliphatic carbocycles. The molecule has 0 aliphatic heterocycles. The highest BCUT2D eigenvalue weighted by atomic mass is 35.5. The molecular weight excluding hydrogens is 608 g/mol. The summed E-state index contributed by atoms with van der Waals surface area (Å²) >= 11 is 8.32. The lowest BCUT2D eigenvalue weighted by Gasteiger charge is -2.10. The number of hydrogen-bond acceptors (Lipinski definition) is 8. The number of fused-ring (bicyclic) bond motifs is 1. The van der Waals surface area contributed by atoms with E-state index in [1.54, 1.807) is 43.5 Å². The molecule has 0 unspecified atom stereocenters. The number of carbonyl (C=O) groups is 3. The van der Waals surface area contributed by atoms with E-state index in [9.17, 15) is 19.2 Å². The van der Waals surface area contributed by atoms with Gasteiger partial charge in [0.05, 0.1) is 23.2 Å². The molecule has 5 aromatic rings. The van der Waals surface area contributed by atoms with Crippen LogP contribution in [0.15, 0.2) is 59.0 Å². The summed E-state index contributed by atoms with van der Waals surface area (Å²) < 4.78 is 6.44. The summed E-state index contributed by atoms with van der Waals surface area (Å²) in [5, 5.41) is 8.55. The Morgan fingerprint density at radius 1 is 1.05 bits per heavy atom. The van der Waals surface area contributed by atoms with E-state index in [0.717, 1.165) is 28.0 Å². The molecule has 2 amide bonds. The van der Waals surface area contributed by atoms with Gasteiger partial charge in [0.15, 0.2) is 0 Å². The Balaban J connectivity index is 1.39. The fourth-order valence-electron chi connectivity index (χ4n) is 4.64. The topological polar surface area (TPSA) is 119 Å². The Morgan fingerprint density at radius 2 is 1.79 bits per heavy atom. The lowest BCUT2D eigenvalue weighted by atomic mass is 10.0. The minimum atomic E-state index is -0.579. The zero-order valence-electron chi connectivity index (χ0n) is 23.7. The number of benzene rings is 2. The van der Waals surface area contributed by atoms with E-state index in [4.69, 9.17) is 16.3 Å². The van der Waals surface area contributed by atoms with E-state index in [1.807, 2.05) is 32.0 Å². The zero-order valence-corrected chi connectivity index (χ0v) is 26.1. The first-order valence-electron chi connectivity index (χ1n) is 13.3. The van der Waals surface area contributed by atoms with Crippen molar-refractivity contribution in [3.8, 4) is 11.1 Å². The number of nitrogens with zero attached hydrogens (tertiary/aromatic N) is 2. The van der Waals surface area contributed by atoms with Crippen molar-refractivity contribution in [2.24, 2.45) is 0 Å². The molecule has 0 aliphatic rings. The average molecular weight is 635 g/mol. The molecule has 220 valence electrons. The molecule has 0 saturated heterocycles. The predicted octanol–water partition coefficient (Wildman–Crippen LogP) is 6.83. The third-order valence-electron chi connectivity index (χ3n) is 6.75. The summed E-state index contributed by atoms with van der Waals surface area (Å²) in [6.07, 6.45) is 1.28. The Kier molecular flexibility index (Phi) is 8.77. The van der Waals surface area contributed by atoms with Crippen molar-refractivity contribution in [2.45, 2.75) is 34.2 Å². The van der Waals surface area contributed by atoms with Crippen LogP contribution in [0.25, 0.3) is 21.3 Å². The van der Waals surface area contributed by atoms with Crippen LogP contribution >= 0.6 is 34.3 Å². The number of esters is 1. The van der Waals surface area contributed by atoms with Gasteiger partial charge in [-0.1, -0.05) is 41.4 Å². The van der Waals surface area contributed by atoms with Crippen LogP contribution in [0.1, 0.15) is 43.6 Å². The van der Waals surface area contributed by atoms with Gasteiger partial charge in [0, 0.05) is 21.7 Å². The van der Waals surface area contributed by atoms with Crippen LogP contribution < -0.4 is 16.2 Å². The van der Waals surface area contributed by atoms with E-state index < -0.39 is 17.4 Å². The minimum Gasteiger partial charge on any atom is -0.462 e. The second kappa shape index (κ2) is 12.5. The van der Waals surface area contributed by atoms with Gasteiger partial charge >= 0.3 is 5.97 Å². The van der Waals surface area contributed by atoms with E-state index >= 15 is 0 Å². The molecule has 5 rings (SSSR count). The second-order valence-corrected chi connectivity index (χ2v) is 12.1. The molecular formula is C31H27ClN4O5S2. The van der Waals surface area contributed by atoms with Crippen LogP contribution in [0, 0.1) is 20.8 Å². The summed E-state index contributed by atoms with van der Waals surface area (Å²) in [5.41, 5.74) is 4.29. The fraction of sp³-hybridized carbons (Fsp3) is 0.194. The number of halogens is 1. The maximum absolute atomic E-state index is 13.4. The number of carbonyl (C=O) groups excluding carboxylic acids is 3. The molecule has 43 heavy (non-hydrogen) atoms. The highest BCUT2D eigenvalue weighted by Crippen LogP contribution is 2.37.